The predicted octanol–water partition coefficient (Wildman–Crippen LogP) is 2.56. The van der Waals surface area contributed by atoms with Crippen LogP contribution in [0.3, 0.4) is 0 Å². The number of nitrogens with zero attached hydrogens (tertiary/aromatic N) is 2. The van der Waals surface area contributed by atoms with Crippen LogP contribution in [-0.2, 0) is 12.6 Å². The van der Waals surface area contributed by atoms with E-state index in [9.17, 15) is 5.11 Å². The molecule has 0 amide bonds. The summed E-state index contributed by atoms with van der Waals surface area (Å²) in [6.07, 6.45) is 0. The topological polar surface area (TPSA) is 38.0 Å². The number of fused-ring (bicyclic) bond motifs is 1. The van der Waals surface area contributed by atoms with Crippen molar-refractivity contribution in [1.82, 2.24) is 9.78 Å². The van der Waals surface area contributed by atoms with Gasteiger partial charge in [0.2, 0.25) is 0 Å². The maximum Gasteiger partial charge on any atom is 0.103 e. The van der Waals surface area contributed by atoms with Crippen LogP contribution in [0, 0.1) is 0 Å². The molecule has 4 heteroatoms. The maximum atomic E-state index is 10.0. The molecule has 0 spiro atoms. The highest BCUT2D eigenvalue weighted by atomic mass is 79.9. The van der Waals surface area contributed by atoms with Crippen molar-refractivity contribution >= 4 is 26.8 Å². The first-order valence-corrected chi connectivity index (χ1v) is 5.54. The number of hydrogen-bond donors (Lipinski definition) is 1. The molecule has 0 radical (unpaired) electrons. The average Bonchev–Trinajstić information content (AvgIpc) is 2.45. The molecule has 0 aliphatic carbocycles. The lowest BCUT2D eigenvalue weighted by molar-refractivity contribution is 0.0746. The molecule has 0 atom stereocenters. The summed E-state index contributed by atoms with van der Waals surface area (Å²) in [5, 5.41) is 15.4. The van der Waals surface area contributed by atoms with Gasteiger partial charge in [-0.3, -0.25) is 4.68 Å². The van der Waals surface area contributed by atoms with Gasteiger partial charge in [-0.05, 0) is 26.0 Å². The lowest BCUT2D eigenvalue weighted by atomic mass is 10.0. The highest BCUT2D eigenvalue weighted by Crippen LogP contribution is 2.32. The summed E-state index contributed by atoms with van der Waals surface area (Å²) in [5.41, 5.74) is 0.789. The van der Waals surface area contributed by atoms with Gasteiger partial charge in [-0.2, -0.15) is 5.10 Å². The molecule has 15 heavy (non-hydrogen) atoms. The van der Waals surface area contributed by atoms with Crippen LogP contribution in [-0.4, -0.2) is 14.9 Å². The van der Waals surface area contributed by atoms with Crippen LogP contribution >= 0.6 is 15.9 Å². The van der Waals surface area contributed by atoms with E-state index in [0.29, 0.717) is 5.69 Å². The highest BCUT2D eigenvalue weighted by molar-refractivity contribution is 9.10. The minimum absolute atomic E-state index is 0.701. The Bertz CT molecular complexity index is 511. The fourth-order valence-electron chi connectivity index (χ4n) is 1.70. The number of aliphatic hydroxyl groups is 1. The Hall–Kier alpha value is -0.870. The van der Waals surface area contributed by atoms with Crippen LogP contribution in [0.4, 0.5) is 0 Å². The van der Waals surface area contributed by atoms with Gasteiger partial charge >= 0.3 is 0 Å². The van der Waals surface area contributed by atoms with Crippen molar-refractivity contribution in [2.24, 2.45) is 7.05 Å². The van der Waals surface area contributed by atoms with E-state index in [1.54, 1.807) is 18.5 Å². The Morgan fingerprint density at radius 2 is 2.07 bits per heavy atom. The summed E-state index contributed by atoms with van der Waals surface area (Å²) in [6.45, 7) is 3.49. The van der Waals surface area contributed by atoms with Crippen LogP contribution in [0.2, 0.25) is 0 Å². The summed E-state index contributed by atoms with van der Waals surface area (Å²) < 4.78 is 2.75. The fourth-order valence-corrected chi connectivity index (χ4v) is 2.24. The number of aromatic nitrogens is 2. The quantitative estimate of drug-likeness (QED) is 0.864. The van der Waals surface area contributed by atoms with E-state index in [1.165, 1.54) is 0 Å². The third kappa shape index (κ3) is 1.68. The summed E-state index contributed by atoms with van der Waals surface area (Å²) in [4.78, 5) is 0. The van der Waals surface area contributed by atoms with E-state index in [4.69, 9.17) is 0 Å². The Balaban J connectivity index is 2.88. The molecule has 1 aromatic heterocycles. The second-order valence-corrected chi connectivity index (χ2v) is 5.02. The standard InChI is InChI=1S/C11H13BrN2O/c1-11(2,15)10-9-7(12)5-4-6-8(9)14(3)13-10/h4-6,15H,1-3H3. The fraction of sp³-hybridized carbons (Fsp3) is 0.364. The second-order valence-electron chi connectivity index (χ2n) is 4.17. The third-order valence-corrected chi connectivity index (χ3v) is 3.07. The molecule has 0 unspecified atom stereocenters. The lowest BCUT2D eigenvalue weighted by Gasteiger charge is -2.14. The Kier molecular flexibility index (Phi) is 2.35. The van der Waals surface area contributed by atoms with Gasteiger partial charge in [0.05, 0.1) is 5.52 Å². The van der Waals surface area contributed by atoms with Crippen LogP contribution in [0.25, 0.3) is 10.9 Å². The second kappa shape index (κ2) is 3.32. The molecule has 0 saturated heterocycles. The molecular weight excluding hydrogens is 256 g/mol. The highest BCUT2D eigenvalue weighted by Gasteiger charge is 2.24. The Labute approximate surface area is 96.8 Å². The SMILES string of the molecule is Cn1nc(C(C)(C)O)c2c(Br)cccc21. The molecule has 0 bridgehead atoms. The normalized spacial score (nSPS) is 12.3. The van der Waals surface area contributed by atoms with E-state index >= 15 is 0 Å². The van der Waals surface area contributed by atoms with Gasteiger partial charge in [-0.15, -0.1) is 0 Å². The largest absolute Gasteiger partial charge is 0.384 e. The monoisotopic (exact) mass is 268 g/mol. The number of hydrogen-bond acceptors (Lipinski definition) is 2. The molecule has 1 N–H and O–H groups in total. The molecule has 2 aromatic rings. The zero-order chi connectivity index (χ0) is 11.2. The Morgan fingerprint density at radius 1 is 1.40 bits per heavy atom. The molecule has 1 aromatic carbocycles. The summed E-state index contributed by atoms with van der Waals surface area (Å²) in [6, 6.07) is 5.91. The van der Waals surface area contributed by atoms with Crippen LogP contribution in [0.5, 0.6) is 0 Å². The van der Waals surface area contributed by atoms with Crippen LogP contribution < -0.4 is 0 Å². The molecular formula is C11H13BrN2O. The minimum atomic E-state index is -0.927. The van der Waals surface area contributed by atoms with Crippen molar-refractivity contribution in [1.29, 1.82) is 0 Å². The first-order chi connectivity index (χ1) is 6.91. The van der Waals surface area contributed by atoms with E-state index in [0.717, 1.165) is 15.4 Å². The van der Waals surface area contributed by atoms with Crippen molar-refractivity contribution in [2.75, 3.05) is 0 Å². The van der Waals surface area contributed by atoms with Crippen LogP contribution in [0.1, 0.15) is 19.5 Å². The smallest absolute Gasteiger partial charge is 0.103 e. The maximum absolute atomic E-state index is 10.0. The number of aryl methyl sites for hydroxylation is 1. The van der Waals surface area contributed by atoms with Gasteiger partial charge in [-0.1, -0.05) is 22.0 Å². The number of benzene rings is 1. The van der Waals surface area contributed by atoms with Gasteiger partial charge in [0.15, 0.2) is 0 Å². The molecule has 1 heterocycles. The first-order valence-electron chi connectivity index (χ1n) is 4.75. The van der Waals surface area contributed by atoms with Crippen molar-refractivity contribution < 1.29 is 5.11 Å². The predicted molar refractivity (Wildman–Crippen MR) is 63.7 cm³/mol. The minimum Gasteiger partial charge on any atom is -0.384 e. The zero-order valence-corrected chi connectivity index (χ0v) is 10.5. The molecule has 2 rings (SSSR count). The molecule has 0 aliphatic heterocycles. The van der Waals surface area contributed by atoms with E-state index in [2.05, 4.69) is 21.0 Å². The van der Waals surface area contributed by atoms with Crippen molar-refractivity contribution in [3.8, 4) is 0 Å². The summed E-state index contributed by atoms with van der Waals surface area (Å²) in [7, 11) is 1.88. The van der Waals surface area contributed by atoms with Crippen LogP contribution in [0.15, 0.2) is 22.7 Å². The van der Waals surface area contributed by atoms with Gasteiger partial charge in [0.1, 0.15) is 11.3 Å². The van der Waals surface area contributed by atoms with Crippen molar-refractivity contribution in [3.05, 3.63) is 28.4 Å². The number of halogens is 1. The van der Waals surface area contributed by atoms with Crippen molar-refractivity contribution in [3.63, 3.8) is 0 Å². The third-order valence-electron chi connectivity index (χ3n) is 2.41. The van der Waals surface area contributed by atoms with Gasteiger partial charge in [0.25, 0.3) is 0 Å². The van der Waals surface area contributed by atoms with E-state index < -0.39 is 5.60 Å². The van der Waals surface area contributed by atoms with Gasteiger partial charge < -0.3 is 5.11 Å². The molecule has 80 valence electrons. The summed E-state index contributed by atoms with van der Waals surface area (Å²) in [5.74, 6) is 0. The molecule has 0 fully saturated rings. The lowest BCUT2D eigenvalue weighted by Crippen LogP contribution is -2.17. The molecule has 0 saturated carbocycles. The van der Waals surface area contributed by atoms with E-state index in [1.807, 2.05) is 25.2 Å². The van der Waals surface area contributed by atoms with Gasteiger partial charge in [-0.25, -0.2) is 0 Å². The zero-order valence-electron chi connectivity index (χ0n) is 8.95. The van der Waals surface area contributed by atoms with Gasteiger partial charge in [0, 0.05) is 16.9 Å². The van der Waals surface area contributed by atoms with Crippen molar-refractivity contribution in [2.45, 2.75) is 19.4 Å². The molecule has 0 aliphatic rings. The Morgan fingerprint density at radius 3 is 2.67 bits per heavy atom. The summed E-state index contributed by atoms with van der Waals surface area (Å²) >= 11 is 3.49. The van der Waals surface area contributed by atoms with E-state index in [-0.39, 0.29) is 0 Å². The molecule has 3 nitrogen and oxygen atoms in total. The first kappa shape index (κ1) is 10.6. The number of rotatable bonds is 1. The average molecular weight is 269 g/mol.